The maximum Gasteiger partial charge on any atom is 0.250 e. The van der Waals surface area contributed by atoms with Crippen LogP contribution in [0.3, 0.4) is 0 Å². The third kappa shape index (κ3) is 1.80. The molecular formula is C10H14N2O2. The Morgan fingerprint density at radius 3 is 2.79 bits per heavy atom. The molecule has 1 aromatic heterocycles. The lowest BCUT2D eigenvalue weighted by molar-refractivity contribution is 0.449. The number of H-pyrrole nitrogens is 1. The average molecular weight is 194 g/mol. The van der Waals surface area contributed by atoms with Crippen molar-refractivity contribution < 1.29 is 5.11 Å². The van der Waals surface area contributed by atoms with Crippen molar-refractivity contribution in [3.63, 3.8) is 0 Å². The molecule has 0 aliphatic heterocycles. The molecule has 2 atom stereocenters. The van der Waals surface area contributed by atoms with Crippen molar-refractivity contribution in [1.29, 1.82) is 0 Å². The van der Waals surface area contributed by atoms with E-state index in [0.717, 1.165) is 24.8 Å². The summed E-state index contributed by atoms with van der Waals surface area (Å²) >= 11 is 0. The molecule has 1 aromatic rings. The Labute approximate surface area is 81.8 Å². The molecule has 1 aliphatic rings. The summed E-state index contributed by atoms with van der Waals surface area (Å²) in [6.45, 7) is 0. The van der Waals surface area contributed by atoms with Crippen LogP contribution in [0.1, 0.15) is 30.7 Å². The van der Waals surface area contributed by atoms with Gasteiger partial charge < -0.3 is 10.8 Å². The van der Waals surface area contributed by atoms with Gasteiger partial charge in [-0.1, -0.05) is 0 Å². The van der Waals surface area contributed by atoms with Crippen molar-refractivity contribution >= 4 is 0 Å². The monoisotopic (exact) mass is 194 g/mol. The van der Waals surface area contributed by atoms with Crippen LogP contribution in [0, 0.1) is 0 Å². The van der Waals surface area contributed by atoms with Crippen LogP contribution < -0.4 is 11.3 Å². The largest absolute Gasteiger partial charge is 0.495 e. The number of aromatic nitrogens is 1. The summed E-state index contributed by atoms with van der Waals surface area (Å²) in [6.07, 6.45) is 2.91. The van der Waals surface area contributed by atoms with Crippen molar-refractivity contribution in [2.24, 2.45) is 5.73 Å². The minimum atomic E-state index is -0.250. The van der Waals surface area contributed by atoms with Crippen LogP contribution >= 0.6 is 0 Å². The van der Waals surface area contributed by atoms with Gasteiger partial charge in [-0.3, -0.25) is 9.78 Å². The molecule has 0 aromatic carbocycles. The molecule has 2 unspecified atom stereocenters. The number of hydrogen-bond donors (Lipinski definition) is 3. The van der Waals surface area contributed by atoms with E-state index in [-0.39, 0.29) is 17.5 Å². The van der Waals surface area contributed by atoms with Gasteiger partial charge in [0.05, 0.1) is 0 Å². The van der Waals surface area contributed by atoms with Gasteiger partial charge in [0.2, 0.25) is 0 Å². The van der Waals surface area contributed by atoms with Crippen LogP contribution in [0.4, 0.5) is 0 Å². The van der Waals surface area contributed by atoms with Crippen molar-refractivity contribution in [3.8, 4) is 5.88 Å². The zero-order valence-corrected chi connectivity index (χ0v) is 7.86. The fraction of sp³-hybridized carbons (Fsp3) is 0.500. The van der Waals surface area contributed by atoms with E-state index in [9.17, 15) is 9.90 Å². The smallest absolute Gasteiger partial charge is 0.250 e. The Hall–Kier alpha value is -1.29. The third-order valence-corrected chi connectivity index (χ3v) is 2.80. The lowest BCUT2D eigenvalue weighted by Crippen LogP contribution is -2.15. The highest BCUT2D eigenvalue weighted by Crippen LogP contribution is 2.33. The van der Waals surface area contributed by atoms with Crippen LogP contribution in [0.5, 0.6) is 5.88 Å². The van der Waals surface area contributed by atoms with E-state index in [1.807, 2.05) is 0 Å². The average Bonchev–Trinajstić information content (AvgIpc) is 2.50. The SMILES string of the molecule is NC1CCC(c2cc(O)[nH]c(=O)c2)C1. The summed E-state index contributed by atoms with van der Waals surface area (Å²) in [5.41, 5.74) is 6.44. The zero-order valence-electron chi connectivity index (χ0n) is 7.86. The van der Waals surface area contributed by atoms with E-state index in [2.05, 4.69) is 4.98 Å². The number of rotatable bonds is 1. The third-order valence-electron chi connectivity index (χ3n) is 2.80. The van der Waals surface area contributed by atoms with E-state index >= 15 is 0 Å². The molecule has 2 rings (SSSR count). The van der Waals surface area contributed by atoms with Crippen molar-refractivity contribution in [3.05, 3.63) is 28.0 Å². The highest BCUT2D eigenvalue weighted by Gasteiger charge is 2.23. The summed E-state index contributed by atoms with van der Waals surface area (Å²) in [5, 5.41) is 9.23. The maximum atomic E-state index is 11.1. The summed E-state index contributed by atoms with van der Waals surface area (Å²) < 4.78 is 0. The van der Waals surface area contributed by atoms with Crippen molar-refractivity contribution in [1.82, 2.24) is 4.98 Å². The van der Waals surface area contributed by atoms with Crippen molar-refractivity contribution in [2.45, 2.75) is 31.2 Å². The quantitative estimate of drug-likeness (QED) is 0.615. The Morgan fingerprint density at radius 1 is 1.43 bits per heavy atom. The maximum absolute atomic E-state index is 11.1. The minimum absolute atomic E-state index is 0.0621. The first kappa shape index (κ1) is 9.27. The minimum Gasteiger partial charge on any atom is -0.495 e. The molecular weight excluding hydrogens is 180 g/mol. The molecule has 1 fully saturated rings. The van der Waals surface area contributed by atoms with E-state index < -0.39 is 0 Å². The molecule has 1 heterocycles. The fourth-order valence-corrected chi connectivity index (χ4v) is 2.10. The first-order chi connectivity index (χ1) is 6.65. The molecule has 0 bridgehead atoms. The number of aromatic amines is 1. The highest BCUT2D eigenvalue weighted by molar-refractivity contribution is 5.24. The van der Waals surface area contributed by atoms with E-state index in [0.29, 0.717) is 5.92 Å². The summed E-state index contributed by atoms with van der Waals surface area (Å²) in [7, 11) is 0. The van der Waals surface area contributed by atoms with E-state index in [4.69, 9.17) is 5.73 Å². The van der Waals surface area contributed by atoms with E-state index in [1.165, 1.54) is 0 Å². The Bertz CT molecular complexity index is 386. The normalized spacial score (nSPS) is 26.6. The second kappa shape index (κ2) is 3.46. The Balaban J connectivity index is 2.28. The number of nitrogens with one attached hydrogen (secondary N) is 1. The lowest BCUT2D eigenvalue weighted by atomic mass is 9.98. The molecule has 1 saturated carbocycles. The standard InChI is InChI=1S/C10H14N2O2/c11-8-2-1-6(3-8)7-4-9(13)12-10(14)5-7/h4-6,8H,1-3,11H2,(H2,12,13,14). The second-order valence-electron chi connectivity index (χ2n) is 3.93. The van der Waals surface area contributed by atoms with Gasteiger partial charge in [-0.05, 0) is 30.7 Å². The van der Waals surface area contributed by atoms with Crippen molar-refractivity contribution in [2.75, 3.05) is 0 Å². The molecule has 0 saturated heterocycles. The number of aromatic hydroxyl groups is 1. The van der Waals surface area contributed by atoms with Crippen LogP contribution in [0.25, 0.3) is 0 Å². The van der Waals surface area contributed by atoms with Gasteiger partial charge in [0.1, 0.15) is 0 Å². The van der Waals surface area contributed by atoms with Crippen LogP contribution in [-0.4, -0.2) is 16.1 Å². The molecule has 4 heteroatoms. The number of hydrogen-bond acceptors (Lipinski definition) is 3. The Morgan fingerprint density at radius 2 is 2.21 bits per heavy atom. The summed E-state index contributed by atoms with van der Waals surface area (Å²) in [6, 6.07) is 3.40. The molecule has 0 radical (unpaired) electrons. The van der Waals surface area contributed by atoms with Gasteiger partial charge in [-0.15, -0.1) is 0 Å². The molecule has 14 heavy (non-hydrogen) atoms. The molecule has 1 aliphatic carbocycles. The second-order valence-corrected chi connectivity index (χ2v) is 3.93. The first-order valence-corrected chi connectivity index (χ1v) is 4.84. The molecule has 4 nitrogen and oxygen atoms in total. The number of pyridine rings is 1. The molecule has 76 valence electrons. The van der Waals surface area contributed by atoms with Crippen LogP contribution in [0.15, 0.2) is 16.9 Å². The lowest BCUT2D eigenvalue weighted by Gasteiger charge is -2.09. The zero-order chi connectivity index (χ0) is 10.1. The van der Waals surface area contributed by atoms with E-state index in [1.54, 1.807) is 12.1 Å². The molecule has 0 amide bonds. The first-order valence-electron chi connectivity index (χ1n) is 4.84. The predicted octanol–water partition coefficient (Wildman–Crippen LogP) is 0.675. The van der Waals surface area contributed by atoms with Gasteiger partial charge >= 0.3 is 0 Å². The summed E-state index contributed by atoms with van der Waals surface area (Å²) in [4.78, 5) is 13.4. The van der Waals surface area contributed by atoms with Gasteiger partial charge in [0, 0.05) is 18.2 Å². The Kier molecular flexibility index (Phi) is 2.29. The van der Waals surface area contributed by atoms with Gasteiger partial charge in [-0.25, -0.2) is 0 Å². The summed E-state index contributed by atoms with van der Waals surface area (Å²) in [5.74, 6) is 0.270. The highest BCUT2D eigenvalue weighted by atomic mass is 16.3. The van der Waals surface area contributed by atoms with Crippen LogP contribution in [0.2, 0.25) is 0 Å². The van der Waals surface area contributed by atoms with Gasteiger partial charge in [0.15, 0.2) is 5.88 Å². The number of nitrogens with two attached hydrogens (primary N) is 1. The van der Waals surface area contributed by atoms with Gasteiger partial charge in [0.25, 0.3) is 5.56 Å². The topological polar surface area (TPSA) is 79.1 Å². The fourth-order valence-electron chi connectivity index (χ4n) is 2.10. The predicted molar refractivity (Wildman–Crippen MR) is 53.3 cm³/mol. The molecule has 4 N–H and O–H groups in total. The van der Waals surface area contributed by atoms with Crippen LogP contribution in [-0.2, 0) is 0 Å². The van der Waals surface area contributed by atoms with Gasteiger partial charge in [-0.2, -0.15) is 0 Å². The molecule has 0 spiro atoms.